The summed E-state index contributed by atoms with van der Waals surface area (Å²) in [5, 5.41) is 6.23. The summed E-state index contributed by atoms with van der Waals surface area (Å²) in [6.45, 7) is 1.97. The van der Waals surface area contributed by atoms with E-state index in [0.29, 0.717) is 17.0 Å². The molecule has 2 heterocycles. The fourth-order valence-corrected chi connectivity index (χ4v) is 3.18. The van der Waals surface area contributed by atoms with E-state index >= 15 is 0 Å². The van der Waals surface area contributed by atoms with Crippen LogP contribution in [0.25, 0.3) is 21.2 Å². The summed E-state index contributed by atoms with van der Waals surface area (Å²) in [6.07, 6.45) is 7.93. The first-order valence-corrected chi connectivity index (χ1v) is 8.17. The minimum atomic E-state index is -0.622. The summed E-state index contributed by atoms with van der Waals surface area (Å²) in [6, 6.07) is 1.81. The van der Waals surface area contributed by atoms with E-state index in [1.807, 2.05) is 6.92 Å². The van der Waals surface area contributed by atoms with Gasteiger partial charge in [-0.25, -0.2) is 9.97 Å². The predicted octanol–water partition coefficient (Wildman–Crippen LogP) is 4.76. The van der Waals surface area contributed by atoms with Gasteiger partial charge in [-0.3, -0.25) is 0 Å². The smallest absolute Gasteiger partial charge is 0.223 e. The van der Waals surface area contributed by atoms with Crippen LogP contribution in [0.3, 0.4) is 0 Å². The number of fused-ring (bicyclic) bond motifs is 1. The van der Waals surface area contributed by atoms with Crippen molar-refractivity contribution in [3.05, 3.63) is 39.6 Å². The molecule has 2 saturated carbocycles. The summed E-state index contributed by atoms with van der Waals surface area (Å²) in [7, 11) is 0. The summed E-state index contributed by atoms with van der Waals surface area (Å²) >= 11 is 6.11. The molecule has 2 aliphatic carbocycles. The van der Waals surface area contributed by atoms with Crippen molar-refractivity contribution in [3.8, 4) is 5.88 Å². The van der Waals surface area contributed by atoms with Gasteiger partial charge >= 0.3 is 0 Å². The molecule has 118 valence electrons. The molecule has 7 heteroatoms. The van der Waals surface area contributed by atoms with Crippen LogP contribution in [0.15, 0.2) is 23.6 Å². The minimum Gasteiger partial charge on any atom is -0.474 e. The normalized spacial score (nSPS) is 19.9. The van der Waals surface area contributed by atoms with Crippen LogP contribution < -0.4 is 4.74 Å². The Bertz CT molecular complexity index is 827. The lowest BCUT2D eigenvalue weighted by Crippen LogP contribution is -2.22. The van der Waals surface area contributed by atoms with Gasteiger partial charge in [-0.2, -0.15) is 0 Å². The molecule has 0 aromatic carbocycles. The van der Waals surface area contributed by atoms with E-state index < -0.39 is 5.54 Å². The van der Waals surface area contributed by atoms with E-state index in [9.17, 15) is 0 Å². The quantitative estimate of drug-likeness (QED) is 0.343. The topological polar surface area (TPSA) is 83.8 Å². The van der Waals surface area contributed by atoms with Gasteiger partial charge in [0, 0.05) is 17.3 Å². The molecule has 1 atom stereocenters. The Morgan fingerprint density at radius 1 is 1.26 bits per heavy atom. The van der Waals surface area contributed by atoms with Crippen molar-refractivity contribution in [1.82, 2.24) is 9.97 Å². The van der Waals surface area contributed by atoms with E-state index in [0.717, 1.165) is 42.0 Å². The third-order valence-electron chi connectivity index (χ3n) is 4.67. The van der Waals surface area contributed by atoms with Crippen LogP contribution in [0.1, 0.15) is 38.2 Å². The monoisotopic (exact) mass is 329 g/mol. The molecule has 0 unspecified atom stereocenters. The zero-order valence-corrected chi connectivity index (χ0v) is 13.5. The SMILES string of the molecule is C[C@](N=[N+]=[N-])(c1cnc(OC2CC2)c2cnc(Cl)cc12)C1CC1. The number of pyridine rings is 2. The lowest BCUT2D eigenvalue weighted by atomic mass is 9.86. The summed E-state index contributed by atoms with van der Waals surface area (Å²) in [4.78, 5) is 11.7. The Morgan fingerprint density at radius 2 is 2.04 bits per heavy atom. The Hall–Kier alpha value is -2.04. The van der Waals surface area contributed by atoms with Crippen LogP contribution >= 0.6 is 11.6 Å². The largest absolute Gasteiger partial charge is 0.474 e. The minimum absolute atomic E-state index is 0.249. The van der Waals surface area contributed by atoms with Crippen LogP contribution in [0, 0.1) is 5.92 Å². The van der Waals surface area contributed by atoms with E-state index in [-0.39, 0.29) is 6.10 Å². The number of hydrogen-bond donors (Lipinski definition) is 0. The van der Waals surface area contributed by atoms with Gasteiger partial charge in [-0.05, 0) is 61.1 Å². The van der Waals surface area contributed by atoms with Crippen molar-refractivity contribution >= 4 is 22.4 Å². The number of nitrogens with zero attached hydrogens (tertiary/aromatic N) is 5. The van der Waals surface area contributed by atoms with Crippen molar-refractivity contribution in [3.63, 3.8) is 0 Å². The molecule has 2 fully saturated rings. The standard InChI is InChI=1S/C16H16ClN5O/c1-16(21-22-18,9-2-3-9)13-8-20-15(23-10-4-5-10)12-7-19-14(17)6-11(12)13/h6-10H,2-5H2,1H3/t16-/m1/s1. The van der Waals surface area contributed by atoms with Gasteiger partial charge in [0.05, 0.1) is 10.9 Å². The van der Waals surface area contributed by atoms with Gasteiger partial charge in [0.2, 0.25) is 5.88 Å². The van der Waals surface area contributed by atoms with Crippen molar-refractivity contribution in [1.29, 1.82) is 0 Å². The zero-order valence-electron chi connectivity index (χ0n) is 12.7. The summed E-state index contributed by atoms with van der Waals surface area (Å²) in [5.74, 6) is 0.917. The van der Waals surface area contributed by atoms with E-state index in [1.54, 1.807) is 18.5 Å². The zero-order chi connectivity index (χ0) is 16.0. The van der Waals surface area contributed by atoms with Gasteiger partial charge in [0.25, 0.3) is 0 Å². The van der Waals surface area contributed by atoms with Gasteiger partial charge in [-0.1, -0.05) is 16.7 Å². The molecule has 4 rings (SSSR count). The van der Waals surface area contributed by atoms with Crippen LogP contribution in [0.4, 0.5) is 0 Å². The third-order valence-corrected chi connectivity index (χ3v) is 4.88. The summed E-state index contributed by atoms with van der Waals surface area (Å²) in [5.41, 5.74) is 9.29. The third kappa shape index (κ3) is 2.58. The second-order valence-corrected chi connectivity index (χ2v) is 6.85. The number of hydrogen-bond acceptors (Lipinski definition) is 4. The lowest BCUT2D eigenvalue weighted by molar-refractivity contribution is 0.294. The highest BCUT2D eigenvalue weighted by molar-refractivity contribution is 6.30. The lowest BCUT2D eigenvalue weighted by Gasteiger charge is -2.26. The van der Waals surface area contributed by atoms with E-state index in [1.165, 1.54) is 0 Å². The first kappa shape index (κ1) is 14.5. The average Bonchev–Trinajstić information content (AvgIpc) is 3.40. The number of aromatic nitrogens is 2. The van der Waals surface area contributed by atoms with Crippen molar-refractivity contribution in [2.24, 2.45) is 11.0 Å². The molecule has 0 amide bonds. The molecular weight excluding hydrogens is 314 g/mol. The van der Waals surface area contributed by atoms with E-state index in [4.69, 9.17) is 21.9 Å². The molecule has 2 aromatic rings. The highest BCUT2D eigenvalue weighted by Crippen LogP contribution is 2.50. The molecule has 0 bridgehead atoms. The second kappa shape index (κ2) is 5.25. The average molecular weight is 330 g/mol. The molecule has 2 aromatic heterocycles. The fourth-order valence-electron chi connectivity index (χ4n) is 3.02. The second-order valence-electron chi connectivity index (χ2n) is 6.46. The van der Waals surface area contributed by atoms with Crippen LogP contribution in [0.5, 0.6) is 5.88 Å². The molecule has 23 heavy (non-hydrogen) atoms. The molecule has 0 radical (unpaired) electrons. The highest BCUT2D eigenvalue weighted by atomic mass is 35.5. The van der Waals surface area contributed by atoms with Gasteiger partial charge in [0.1, 0.15) is 11.3 Å². The maximum Gasteiger partial charge on any atom is 0.223 e. The highest BCUT2D eigenvalue weighted by Gasteiger charge is 2.43. The maximum absolute atomic E-state index is 9.02. The first-order chi connectivity index (χ1) is 11.1. The van der Waals surface area contributed by atoms with Gasteiger partial charge in [0.15, 0.2) is 0 Å². The van der Waals surface area contributed by atoms with Crippen LogP contribution in [-0.4, -0.2) is 16.1 Å². The Morgan fingerprint density at radius 3 is 2.70 bits per heavy atom. The Labute approximate surface area is 138 Å². The number of rotatable bonds is 5. The van der Waals surface area contributed by atoms with Gasteiger partial charge in [-0.15, -0.1) is 0 Å². The molecule has 0 aliphatic heterocycles. The number of halogens is 1. The fraction of sp³-hybridized carbons (Fsp3) is 0.500. The molecule has 0 saturated heterocycles. The van der Waals surface area contributed by atoms with Crippen LogP contribution in [-0.2, 0) is 5.54 Å². The molecule has 0 spiro atoms. The maximum atomic E-state index is 9.02. The summed E-state index contributed by atoms with van der Waals surface area (Å²) < 4.78 is 5.88. The van der Waals surface area contributed by atoms with Crippen LogP contribution in [0.2, 0.25) is 5.15 Å². The van der Waals surface area contributed by atoms with Crippen molar-refractivity contribution in [2.75, 3.05) is 0 Å². The molecule has 2 aliphatic rings. The molecule has 0 N–H and O–H groups in total. The predicted molar refractivity (Wildman–Crippen MR) is 87.4 cm³/mol. The number of azide groups is 1. The number of ether oxygens (including phenoxy) is 1. The van der Waals surface area contributed by atoms with Gasteiger partial charge < -0.3 is 4.74 Å². The van der Waals surface area contributed by atoms with Crippen molar-refractivity contribution < 1.29 is 4.74 Å². The first-order valence-electron chi connectivity index (χ1n) is 7.79. The Balaban J connectivity index is 1.92. The van der Waals surface area contributed by atoms with E-state index in [2.05, 4.69) is 20.0 Å². The van der Waals surface area contributed by atoms with Crippen molar-refractivity contribution in [2.45, 2.75) is 44.2 Å². The molecular formula is C16H16ClN5O. The molecule has 6 nitrogen and oxygen atoms in total. The Kier molecular flexibility index (Phi) is 3.32.